The average Bonchev–Trinajstić information content (AvgIpc) is 2.70. The molecular formula is C24H28N2O2. The fourth-order valence-electron chi connectivity index (χ4n) is 5.19. The minimum atomic E-state index is -0.161. The van der Waals surface area contributed by atoms with Crippen molar-refractivity contribution in [3.05, 3.63) is 77.5 Å². The Hall–Kier alpha value is -2.59. The number of carbonyl (C=O) groups excluding carboxylic acids is 1. The van der Waals surface area contributed by atoms with Crippen molar-refractivity contribution >= 4 is 5.91 Å². The number of phenols is 1. The molecule has 2 aliphatic rings. The van der Waals surface area contributed by atoms with Crippen molar-refractivity contribution in [1.29, 1.82) is 0 Å². The lowest BCUT2D eigenvalue weighted by molar-refractivity contribution is 0.0430. The number of likely N-dealkylation sites (N-methyl/N-ethyl adjacent to an activating group) is 1. The Morgan fingerprint density at radius 2 is 1.96 bits per heavy atom. The highest BCUT2D eigenvalue weighted by Crippen LogP contribution is 2.52. The minimum absolute atomic E-state index is 0.0309. The molecule has 2 aromatic rings. The molecule has 2 bridgehead atoms. The molecule has 4 rings (SSSR count). The van der Waals surface area contributed by atoms with E-state index in [1.54, 1.807) is 11.0 Å². The lowest BCUT2D eigenvalue weighted by Gasteiger charge is -2.56. The standard InChI is InChI=1S/C24H28N2O2/c1-16(26(4)23(28)17-8-6-5-7-9-17)22-21-14-18-10-11-19(27)15-20(18)24(22,2)12-13-25(21)3/h5-11,15,21-22,27H,1,12-14H2,2-4H3. The maximum absolute atomic E-state index is 13.0. The molecule has 28 heavy (non-hydrogen) atoms. The van der Waals surface area contributed by atoms with E-state index in [1.807, 2.05) is 49.5 Å². The quantitative estimate of drug-likeness (QED) is 0.886. The van der Waals surface area contributed by atoms with E-state index in [0.717, 1.165) is 25.1 Å². The number of hydrogen-bond donors (Lipinski definition) is 1. The molecule has 1 amide bonds. The molecular weight excluding hydrogens is 348 g/mol. The van der Waals surface area contributed by atoms with Crippen molar-refractivity contribution in [1.82, 2.24) is 9.80 Å². The second-order valence-corrected chi connectivity index (χ2v) is 8.46. The Bertz CT molecular complexity index is 923. The summed E-state index contributed by atoms with van der Waals surface area (Å²) in [6, 6.07) is 15.4. The SMILES string of the molecule is C=C(C1C2Cc3ccc(O)cc3C1(C)CCN2C)N(C)C(=O)c1ccccc1. The van der Waals surface area contributed by atoms with Crippen molar-refractivity contribution in [3.63, 3.8) is 0 Å². The number of rotatable bonds is 3. The van der Waals surface area contributed by atoms with Gasteiger partial charge in [-0.1, -0.05) is 37.8 Å². The van der Waals surface area contributed by atoms with E-state index in [9.17, 15) is 9.90 Å². The number of nitrogens with zero attached hydrogens (tertiary/aromatic N) is 2. The van der Waals surface area contributed by atoms with Crippen LogP contribution >= 0.6 is 0 Å². The van der Waals surface area contributed by atoms with E-state index in [0.29, 0.717) is 11.3 Å². The van der Waals surface area contributed by atoms with Gasteiger partial charge in [-0.25, -0.2) is 0 Å². The van der Waals surface area contributed by atoms with E-state index < -0.39 is 0 Å². The fourth-order valence-corrected chi connectivity index (χ4v) is 5.19. The second-order valence-electron chi connectivity index (χ2n) is 8.46. The Morgan fingerprint density at radius 1 is 1.25 bits per heavy atom. The maximum Gasteiger partial charge on any atom is 0.257 e. The highest BCUT2D eigenvalue weighted by atomic mass is 16.3. The lowest BCUT2D eigenvalue weighted by atomic mass is 9.57. The summed E-state index contributed by atoms with van der Waals surface area (Å²) in [5, 5.41) is 10.1. The van der Waals surface area contributed by atoms with Gasteiger partial charge in [0, 0.05) is 35.7 Å². The van der Waals surface area contributed by atoms with Gasteiger partial charge in [-0.15, -0.1) is 0 Å². The molecule has 1 heterocycles. The molecule has 3 unspecified atom stereocenters. The van der Waals surface area contributed by atoms with Gasteiger partial charge in [0.1, 0.15) is 5.75 Å². The van der Waals surface area contributed by atoms with Crippen LogP contribution in [0.2, 0.25) is 0 Å². The van der Waals surface area contributed by atoms with Crippen molar-refractivity contribution in [2.75, 3.05) is 20.6 Å². The van der Waals surface area contributed by atoms with Crippen LogP contribution in [0.3, 0.4) is 0 Å². The van der Waals surface area contributed by atoms with Crippen molar-refractivity contribution in [3.8, 4) is 5.75 Å². The van der Waals surface area contributed by atoms with Crippen LogP contribution in [0, 0.1) is 5.92 Å². The van der Waals surface area contributed by atoms with Crippen LogP contribution in [0.15, 0.2) is 60.8 Å². The van der Waals surface area contributed by atoms with Gasteiger partial charge in [-0.05, 0) is 61.8 Å². The second kappa shape index (κ2) is 6.78. The number of phenolic OH excluding ortho intramolecular Hbond substituents is 1. The molecule has 1 N–H and O–H groups in total. The summed E-state index contributed by atoms with van der Waals surface area (Å²) in [5.41, 5.74) is 3.85. The molecule has 2 aromatic carbocycles. The van der Waals surface area contributed by atoms with Crippen LogP contribution in [0.4, 0.5) is 0 Å². The number of aromatic hydroxyl groups is 1. The molecule has 0 saturated carbocycles. The Labute approximate surface area is 167 Å². The first-order valence-electron chi connectivity index (χ1n) is 9.87. The zero-order valence-corrected chi connectivity index (χ0v) is 16.9. The van der Waals surface area contributed by atoms with E-state index in [-0.39, 0.29) is 23.3 Å². The molecule has 3 atom stereocenters. The molecule has 0 spiro atoms. The lowest BCUT2D eigenvalue weighted by Crippen LogP contribution is -2.59. The topological polar surface area (TPSA) is 43.8 Å². The number of fused-ring (bicyclic) bond motifs is 4. The predicted octanol–water partition coefficient (Wildman–Crippen LogP) is 3.81. The van der Waals surface area contributed by atoms with Crippen molar-refractivity contribution < 1.29 is 9.90 Å². The summed E-state index contributed by atoms with van der Waals surface area (Å²) in [4.78, 5) is 17.2. The summed E-state index contributed by atoms with van der Waals surface area (Å²) in [6.07, 6.45) is 1.87. The van der Waals surface area contributed by atoms with E-state index in [4.69, 9.17) is 0 Å². The molecule has 1 fully saturated rings. The van der Waals surface area contributed by atoms with Crippen LogP contribution < -0.4 is 0 Å². The number of piperidine rings is 1. The normalized spacial score (nSPS) is 26.4. The first kappa shape index (κ1) is 18.8. The first-order chi connectivity index (χ1) is 13.3. The molecule has 4 heteroatoms. The van der Waals surface area contributed by atoms with Gasteiger partial charge in [0.05, 0.1) is 0 Å². The summed E-state index contributed by atoms with van der Waals surface area (Å²) >= 11 is 0. The van der Waals surface area contributed by atoms with Gasteiger partial charge >= 0.3 is 0 Å². The Morgan fingerprint density at radius 3 is 2.68 bits per heavy atom. The highest BCUT2D eigenvalue weighted by Gasteiger charge is 2.52. The zero-order chi connectivity index (χ0) is 20.1. The molecule has 146 valence electrons. The third-order valence-electron chi connectivity index (χ3n) is 6.87. The summed E-state index contributed by atoms with van der Waals surface area (Å²) in [7, 11) is 3.99. The van der Waals surface area contributed by atoms with Crippen LogP contribution in [0.5, 0.6) is 5.75 Å². The van der Waals surface area contributed by atoms with E-state index in [2.05, 4.69) is 25.5 Å². The summed E-state index contributed by atoms with van der Waals surface area (Å²) < 4.78 is 0. The summed E-state index contributed by atoms with van der Waals surface area (Å²) in [5.74, 6) is 0.380. The first-order valence-corrected chi connectivity index (χ1v) is 9.87. The number of amides is 1. The van der Waals surface area contributed by atoms with Crippen LogP contribution in [0.25, 0.3) is 0 Å². The number of hydrogen-bond acceptors (Lipinski definition) is 3. The summed E-state index contributed by atoms with van der Waals surface area (Å²) in [6.45, 7) is 7.66. The van der Waals surface area contributed by atoms with Gasteiger partial charge in [0.15, 0.2) is 0 Å². The average molecular weight is 377 g/mol. The minimum Gasteiger partial charge on any atom is -0.508 e. The molecule has 4 nitrogen and oxygen atoms in total. The van der Waals surface area contributed by atoms with E-state index in [1.165, 1.54) is 11.1 Å². The monoisotopic (exact) mass is 376 g/mol. The number of carbonyl (C=O) groups is 1. The number of likely N-dealkylation sites (tertiary alicyclic amines) is 1. The smallest absolute Gasteiger partial charge is 0.257 e. The highest BCUT2D eigenvalue weighted by molar-refractivity contribution is 5.95. The third kappa shape index (κ3) is 2.83. The molecule has 0 aromatic heterocycles. The zero-order valence-electron chi connectivity index (χ0n) is 16.9. The number of benzene rings is 2. The maximum atomic E-state index is 13.0. The van der Waals surface area contributed by atoms with Gasteiger partial charge in [0.25, 0.3) is 5.91 Å². The third-order valence-corrected chi connectivity index (χ3v) is 6.87. The van der Waals surface area contributed by atoms with Crippen molar-refractivity contribution in [2.45, 2.75) is 31.2 Å². The van der Waals surface area contributed by atoms with E-state index >= 15 is 0 Å². The molecule has 1 aliphatic carbocycles. The van der Waals surface area contributed by atoms with Crippen LogP contribution in [-0.2, 0) is 11.8 Å². The largest absolute Gasteiger partial charge is 0.508 e. The van der Waals surface area contributed by atoms with Crippen LogP contribution in [-0.4, -0.2) is 47.5 Å². The molecule has 1 aliphatic heterocycles. The molecule has 0 radical (unpaired) electrons. The molecule has 1 saturated heterocycles. The van der Waals surface area contributed by atoms with Gasteiger partial charge in [-0.3, -0.25) is 4.79 Å². The Balaban J connectivity index is 1.73. The van der Waals surface area contributed by atoms with Crippen molar-refractivity contribution in [2.24, 2.45) is 5.92 Å². The predicted molar refractivity (Wildman–Crippen MR) is 111 cm³/mol. The van der Waals surface area contributed by atoms with Gasteiger partial charge < -0.3 is 14.9 Å². The van der Waals surface area contributed by atoms with Gasteiger partial charge in [0.2, 0.25) is 0 Å². The van der Waals surface area contributed by atoms with Crippen LogP contribution in [0.1, 0.15) is 34.8 Å². The Kier molecular flexibility index (Phi) is 4.54. The fraction of sp³-hybridized carbons (Fsp3) is 0.375. The van der Waals surface area contributed by atoms with Gasteiger partial charge in [-0.2, -0.15) is 0 Å².